The van der Waals surface area contributed by atoms with Crippen molar-refractivity contribution < 1.29 is 19.1 Å². The number of benzene rings is 1. The summed E-state index contributed by atoms with van der Waals surface area (Å²) >= 11 is 0. The summed E-state index contributed by atoms with van der Waals surface area (Å²) in [4.78, 5) is 23.2. The Balaban J connectivity index is 3.23. The van der Waals surface area contributed by atoms with Gasteiger partial charge in [0.1, 0.15) is 11.4 Å². The van der Waals surface area contributed by atoms with E-state index < -0.39 is 11.6 Å². The molecule has 110 valence electrons. The highest BCUT2D eigenvalue weighted by Crippen LogP contribution is 2.31. The van der Waals surface area contributed by atoms with Gasteiger partial charge in [0.05, 0.1) is 18.4 Å². The number of rotatable bonds is 3. The van der Waals surface area contributed by atoms with Crippen molar-refractivity contribution in [3.63, 3.8) is 0 Å². The van der Waals surface area contributed by atoms with Gasteiger partial charge in [-0.25, -0.2) is 4.79 Å². The number of nitrogen functional groups attached to an aromatic ring is 1. The lowest BCUT2D eigenvalue weighted by Gasteiger charge is -2.21. The molecular formula is C14H20N2O4. The van der Waals surface area contributed by atoms with Gasteiger partial charge in [0.2, 0.25) is 5.91 Å². The molecule has 0 saturated heterocycles. The molecule has 1 amide bonds. The van der Waals surface area contributed by atoms with Crippen LogP contribution in [-0.4, -0.2) is 24.6 Å². The normalized spacial score (nSPS) is 10.8. The quantitative estimate of drug-likeness (QED) is 0.654. The monoisotopic (exact) mass is 280 g/mol. The molecule has 6 nitrogen and oxygen atoms in total. The van der Waals surface area contributed by atoms with Crippen LogP contribution in [0.5, 0.6) is 5.75 Å². The Morgan fingerprint density at radius 1 is 1.25 bits per heavy atom. The van der Waals surface area contributed by atoms with Crippen LogP contribution in [0.1, 0.15) is 38.1 Å². The highest BCUT2D eigenvalue weighted by Gasteiger charge is 2.22. The van der Waals surface area contributed by atoms with Crippen LogP contribution < -0.4 is 15.8 Å². The molecule has 0 aliphatic heterocycles. The zero-order valence-electron chi connectivity index (χ0n) is 12.4. The van der Waals surface area contributed by atoms with Gasteiger partial charge in [-0.2, -0.15) is 0 Å². The lowest BCUT2D eigenvalue weighted by Crippen LogP contribution is -2.24. The molecule has 20 heavy (non-hydrogen) atoms. The molecule has 1 aromatic carbocycles. The Labute approximate surface area is 118 Å². The van der Waals surface area contributed by atoms with Gasteiger partial charge in [-0.15, -0.1) is 0 Å². The van der Waals surface area contributed by atoms with Crippen LogP contribution in [0.15, 0.2) is 12.1 Å². The predicted octanol–water partition coefficient (Wildman–Crippen LogP) is 2.19. The SMILES string of the molecule is COc1cc(NC(C)=O)cc(C(=O)OC(C)(C)C)c1N. The summed E-state index contributed by atoms with van der Waals surface area (Å²) < 4.78 is 10.4. The number of anilines is 2. The Bertz CT molecular complexity index is 533. The van der Waals surface area contributed by atoms with Gasteiger partial charge in [-0.3, -0.25) is 4.79 Å². The van der Waals surface area contributed by atoms with Crippen LogP contribution in [0.25, 0.3) is 0 Å². The molecule has 0 spiro atoms. The number of hydrogen-bond donors (Lipinski definition) is 2. The molecule has 0 heterocycles. The van der Waals surface area contributed by atoms with Gasteiger partial charge in [-0.1, -0.05) is 0 Å². The Morgan fingerprint density at radius 2 is 1.85 bits per heavy atom. The van der Waals surface area contributed by atoms with Crippen molar-refractivity contribution in [1.82, 2.24) is 0 Å². The number of carbonyl (C=O) groups excluding carboxylic acids is 2. The van der Waals surface area contributed by atoms with E-state index in [1.54, 1.807) is 26.8 Å². The molecular weight excluding hydrogens is 260 g/mol. The summed E-state index contributed by atoms with van der Waals surface area (Å²) in [5.74, 6) is -0.524. The van der Waals surface area contributed by atoms with Crippen molar-refractivity contribution in [3.8, 4) is 5.75 Å². The van der Waals surface area contributed by atoms with E-state index in [0.717, 1.165) is 0 Å². The van der Waals surface area contributed by atoms with E-state index in [9.17, 15) is 9.59 Å². The van der Waals surface area contributed by atoms with Crippen molar-refractivity contribution in [3.05, 3.63) is 17.7 Å². The van der Waals surface area contributed by atoms with Crippen LogP contribution >= 0.6 is 0 Å². The molecule has 1 rings (SSSR count). The summed E-state index contributed by atoms with van der Waals surface area (Å²) in [7, 11) is 1.43. The zero-order chi connectivity index (χ0) is 15.5. The van der Waals surface area contributed by atoms with Crippen molar-refractivity contribution in [1.29, 1.82) is 0 Å². The summed E-state index contributed by atoms with van der Waals surface area (Å²) in [5.41, 5.74) is 5.99. The van der Waals surface area contributed by atoms with Gasteiger partial charge < -0.3 is 20.5 Å². The van der Waals surface area contributed by atoms with Crippen molar-refractivity contribution in [2.24, 2.45) is 0 Å². The fourth-order valence-electron chi connectivity index (χ4n) is 1.57. The van der Waals surface area contributed by atoms with E-state index in [0.29, 0.717) is 11.4 Å². The maximum atomic E-state index is 12.1. The number of ether oxygens (including phenoxy) is 2. The highest BCUT2D eigenvalue weighted by molar-refractivity contribution is 6.00. The van der Waals surface area contributed by atoms with Crippen LogP contribution in [0.3, 0.4) is 0 Å². The third kappa shape index (κ3) is 4.15. The van der Waals surface area contributed by atoms with Crippen molar-refractivity contribution in [2.75, 3.05) is 18.2 Å². The molecule has 0 aromatic heterocycles. The van der Waals surface area contributed by atoms with Gasteiger partial charge in [0, 0.05) is 18.7 Å². The number of nitrogens with one attached hydrogen (secondary N) is 1. The van der Waals surface area contributed by atoms with E-state index in [2.05, 4.69) is 5.32 Å². The second-order valence-corrected chi connectivity index (χ2v) is 5.32. The molecule has 0 fully saturated rings. The molecule has 1 aromatic rings. The number of nitrogens with two attached hydrogens (primary N) is 1. The molecule has 0 aliphatic rings. The second-order valence-electron chi connectivity index (χ2n) is 5.32. The lowest BCUT2D eigenvalue weighted by atomic mass is 10.1. The maximum absolute atomic E-state index is 12.1. The van der Waals surface area contributed by atoms with E-state index in [1.807, 2.05) is 0 Å². The Hall–Kier alpha value is -2.24. The number of carbonyl (C=O) groups is 2. The van der Waals surface area contributed by atoms with E-state index in [1.165, 1.54) is 20.1 Å². The summed E-state index contributed by atoms with van der Waals surface area (Å²) in [6, 6.07) is 3.01. The van der Waals surface area contributed by atoms with E-state index in [4.69, 9.17) is 15.2 Å². The highest BCUT2D eigenvalue weighted by atomic mass is 16.6. The minimum atomic E-state index is -0.638. The fraction of sp³-hybridized carbons (Fsp3) is 0.429. The van der Waals surface area contributed by atoms with Crippen LogP contribution in [-0.2, 0) is 9.53 Å². The predicted molar refractivity (Wildman–Crippen MR) is 76.9 cm³/mol. The lowest BCUT2D eigenvalue weighted by molar-refractivity contribution is -0.114. The van der Waals surface area contributed by atoms with Crippen molar-refractivity contribution in [2.45, 2.75) is 33.3 Å². The molecule has 0 aliphatic carbocycles. The topological polar surface area (TPSA) is 90.6 Å². The minimum absolute atomic E-state index is 0.156. The average molecular weight is 280 g/mol. The number of amides is 1. The first kappa shape index (κ1) is 15.8. The first-order valence-corrected chi connectivity index (χ1v) is 6.12. The Morgan fingerprint density at radius 3 is 2.30 bits per heavy atom. The smallest absolute Gasteiger partial charge is 0.340 e. The standard InChI is InChI=1S/C14H20N2O4/c1-8(17)16-9-6-10(12(15)11(7-9)19-5)13(18)20-14(2,3)4/h6-7H,15H2,1-5H3,(H,16,17). The van der Waals surface area contributed by atoms with Gasteiger partial charge in [0.15, 0.2) is 0 Å². The third-order valence-electron chi connectivity index (χ3n) is 2.30. The number of esters is 1. The summed E-state index contributed by atoms with van der Waals surface area (Å²) in [6.07, 6.45) is 0. The molecule has 3 N–H and O–H groups in total. The largest absolute Gasteiger partial charge is 0.494 e. The van der Waals surface area contributed by atoms with Crippen LogP contribution in [0.2, 0.25) is 0 Å². The zero-order valence-corrected chi connectivity index (χ0v) is 12.4. The molecule has 0 radical (unpaired) electrons. The molecule has 0 unspecified atom stereocenters. The first-order valence-electron chi connectivity index (χ1n) is 6.12. The van der Waals surface area contributed by atoms with Gasteiger partial charge in [-0.05, 0) is 26.8 Å². The fourth-order valence-corrected chi connectivity index (χ4v) is 1.57. The molecule has 0 saturated carbocycles. The average Bonchev–Trinajstić information content (AvgIpc) is 2.28. The minimum Gasteiger partial charge on any atom is -0.494 e. The summed E-state index contributed by atoms with van der Waals surface area (Å²) in [6.45, 7) is 6.65. The van der Waals surface area contributed by atoms with E-state index >= 15 is 0 Å². The van der Waals surface area contributed by atoms with Gasteiger partial charge in [0.25, 0.3) is 0 Å². The molecule has 0 atom stereocenters. The molecule has 0 bridgehead atoms. The van der Waals surface area contributed by atoms with E-state index in [-0.39, 0.29) is 17.2 Å². The van der Waals surface area contributed by atoms with Crippen LogP contribution in [0, 0.1) is 0 Å². The first-order chi connectivity index (χ1) is 9.14. The number of hydrogen-bond acceptors (Lipinski definition) is 5. The molecule has 6 heteroatoms. The number of methoxy groups -OCH3 is 1. The van der Waals surface area contributed by atoms with Gasteiger partial charge >= 0.3 is 5.97 Å². The maximum Gasteiger partial charge on any atom is 0.340 e. The Kier molecular flexibility index (Phi) is 4.60. The van der Waals surface area contributed by atoms with Crippen LogP contribution in [0.4, 0.5) is 11.4 Å². The third-order valence-corrected chi connectivity index (χ3v) is 2.30. The summed E-state index contributed by atoms with van der Waals surface area (Å²) in [5, 5.41) is 2.58. The van der Waals surface area contributed by atoms with Crippen molar-refractivity contribution >= 4 is 23.3 Å². The second kappa shape index (κ2) is 5.81.